The summed E-state index contributed by atoms with van der Waals surface area (Å²) in [6.45, 7) is 84.6. The van der Waals surface area contributed by atoms with Gasteiger partial charge in [-0.2, -0.15) is 0 Å². The fourth-order valence-corrected chi connectivity index (χ4v) is 64.9. The van der Waals surface area contributed by atoms with Gasteiger partial charge < -0.3 is 107 Å². The van der Waals surface area contributed by atoms with E-state index in [0.717, 1.165) is 64.4 Å². The Morgan fingerprint density at radius 2 is 0.469 bits per heavy atom. The maximum Gasteiger partial charge on any atom is 0.637 e. The van der Waals surface area contributed by atoms with Gasteiger partial charge in [0.25, 0.3) is 0 Å². The van der Waals surface area contributed by atoms with Gasteiger partial charge >= 0.3 is 83.0 Å². The van der Waals surface area contributed by atoms with E-state index in [0.29, 0.717) is 87.6 Å². The van der Waals surface area contributed by atoms with Crippen LogP contribution in [0.3, 0.4) is 0 Å². The third-order valence-electron chi connectivity index (χ3n) is 18.2. The third kappa shape index (κ3) is 52.8. The summed E-state index contributed by atoms with van der Waals surface area (Å²) in [4.78, 5) is 99.1. The van der Waals surface area contributed by atoms with Crippen LogP contribution in [0, 0.1) is 0 Å². The molecule has 0 aromatic carbocycles. The van der Waals surface area contributed by atoms with Gasteiger partial charge in [-0.1, -0.05) is 71.9 Å². The second-order valence-corrected chi connectivity index (χ2v) is 92.9. The fraction of sp³-hybridized carbons (Fsp3) is 0.707. The van der Waals surface area contributed by atoms with Gasteiger partial charge in [-0.15, -0.1) is 0 Å². The second-order valence-electron chi connectivity index (χ2n) is 39.0. The zero-order valence-electron chi connectivity index (χ0n) is 82.9. The Morgan fingerprint density at radius 1 is 0.258 bits per heavy atom. The molecule has 736 valence electrons. The number of carbonyl (C=O) groups excluding carboxylic acids is 8. The molecule has 0 bridgehead atoms. The van der Waals surface area contributed by atoms with E-state index < -0.39 is 166 Å². The maximum atomic E-state index is 12.6. The number of ether oxygens (including phenoxy) is 12. The Bertz CT molecular complexity index is 3300. The average Bonchev–Trinajstić information content (AvgIpc) is 0.895. The first-order valence-corrected chi connectivity index (χ1v) is 82.6. The molecule has 0 radical (unpaired) electrons. The van der Waals surface area contributed by atoms with Crippen LogP contribution < -0.4 is 0 Å². The lowest BCUT2D eigenvalue weighted by molar-refractivity contribution is -0.138. The van der Waals surface area contributed by atoms with Gasteiger partial charge in [0.2, 0.25) is 66.5 Å². The molecule has 0 amide bonds. The van der Waals surface area contributed by atoms with Crippen LogP contribution in [0.4, 0.5) is 0 Å². The molecule has 2 aliphatic rings. The number of unbranched alkanes of at least 4 members (excludes halogenated alkanes) is 4. The predicted molar refractivity (Wildman–Crippen MR) is 526 cm³/mol. The highest BCUT2D eigenvalue weighted by Gasteiger charge is 2.62. The van der Waals surface area contributed by atoms with Crippen LogP contribution in [0.1, 0.15) is 113 Å². The van der Waals surface area contributed by atoms with Gasteiger partial charge in [-0.25, -0.2) is 38.4 Å². The van der Waals surface area contributed by atoms with Gasteiger partial charge in [0, 0.05) is 90.8 Å². The minimum Gasteiger partial charge on any atom is -0.463 e. The van der Waals surface area contributed by atoms with E-state index in [1.807, 2.05) is 118 Å². The van der Waals surface area contributed by atoms with E-state index in [1.54, 1.807) is 55.4 Å². The van der Waals surface area contributed by atoms with E-state index in [1.165, 1.54) is 0 Å². The first kappa shape index (κ1) is 122. The Hall–Kier alpha value is -3.92. The summed E-state index contributed by atoms with van der Waals surface area (Å²) in [7, 11) is -41.8. The topological polar surface area (TPSA) is 358 Å². The van der Waals surface area contributed by atoms with Gasteiger partial charge in [-0.05, 0) is 243 Å². The molecule has 0 N–H and O–H groups in total. The predicted octanol–water partition coefficient (Wildman–Crippen LogP) is 15.5. The van der Waals surface area contributed by atoms with Crippen LogP contribution in [-0.4, -0.2) is 281 Å². The molecule has 32 nitrogen and oxygen atoms in total. The van der Waals surface area contributed by atoms with Crippen molar-refractivity contribution in [2.45, 2.75) is 262 Å². The number of hydrogen-bond donors (Lipinski definition) is 0. The normalized spacial score (nSPS) is 18.3. The summed E-state index contributed by atoms with van der Waals surface area (Å²) in [5.41, 5.74) is 2.12. The van der Waals surface area contributed by atoms with Crippen molar-refractivity contribution in [1.29, 1.82) is 0 Å². The van der Waals surface area contributed by atoms with Crippen LogP contribution >= 0.6 is 0 Å². The van der Waals surface area contributed by atoms with Crippen LogP contribution in [0.2, 0.25) is 149 Å². The maximum absolute atomic E-state index is 12.6. The van der Waals surface area contributed by atoms with Crippen molar-refractivity contribution in [3.05, 3.63) is 97.2 Å². The van der Waals surface area contributed by atoms with Crippen LogP contribution in [0.5, 0.6) is 0 Å². The van der Waals surface area contributed by atoms with Crippen molar-refractivity contribution in [2.24, 2.45) is 0 Å². The SMILES string of the molecule is C=C(C)C(=O)OC[Si](C)(C)O[Si](O[Si](C)(C)CCCOCCCOCCC[Si](C)(C)O[Si](O[Si](C)(C)COC(=O)C(=C)C)(O[Si](C)(C)COC(=O)C(=C)C)O[Si](C)(C)COC(=O)C(=C)C)(O[Si](C)(C)COC(=O)C(=C)C)O[Si](C)(C)COC(=O)C(=C)C.C=C(C)C(=O)OC[Si]1(C)OC[Si](C)(CCCOCCCCCCCOC[Si]2(C)CO[Si](C)(COC(=O)C(=C)C)O2)O1. The lowest BCUT2D eigenvalue weighted by atomic mass is 10.1. The molecule has 0 spiro atoms. The van der Waals surface area contributed by atoms with E-state index in [2.05, 4.69) is 65.7 Å². The summed E-state index contributed by atoms with van der Waals surface area (Å²) >= 11 is 0. The van der Waals surface area contributed by atoms with Gasteiger partial charge in [0.05, 0.1) is 18.7 Å². The smallest absolute Gasteiger partial charge is 0.463 e. The molecular formula is C82H160O32Si14. The van der Waals surface area contributed by atoms with Crippen molar-refractivity contribution in [3.8, 4) is 0 Å². The molecule has 2 rings (SSSR count). The fourth-order valence-electron chi connectivity index (χ4n) is 11.7. The van der Waals surface area contributed by atoms with Gasteiger partial charge in [-0.3, -0.25) is 0 Å². The number of rotatable bonds is 66. The molecule has 0 aromatic heterocycles. The summed E-state index contributed by atoms with van der Waals surface area (Å²) in [6, 6.07) is 2.17. The van der Waals surface area contributed by atoms with E-state index >= 15 is 0 Å². The molecular weight excluding hydrogens is 1890 g/mol. The summed E-state index contributed by atoms with van der Waals surface area (Å²) in [6.07, 6.45) is 10.1. The molecule has 46 heteroatoms. The third-order valence-corrected chi connectivity index (χ3v) is 66.6. The highest BCUT2D eigenvalue weighted by molar-refractivity contribution is 6.94. The molecule has 2 aliphatic heterocycles. The molecule has 2 saturated heterocycles. The summed E-state index contributed by atoms with van der Waals surface area (Å²) in [5.74, 6) is -4.25. The zero-order valence-corrected chi connectivity index (χ0v) is 96.9. The van der Waals surface area contributed by atoms with Crippen molar-refractivity contribution in [1.82, 2.24) is 0 Å². The average molecular weight is 2050 g/mol. The van der Waals surface area contributed by atoms with Crippen LogP contribution in [0.15, 0.2) is 97.2 Å². The second kappa shape index (κ2) is 55.3. The number of hydrogen-bond acceptors (Lipinski definition) is 32. The molecule has 0 aromatic rings. The first-order valence-electron chi connectivity index (χ1n) is 43.7. The van der Waals surface area contributed by atoms with E-state index in [-0.39, 0.29) is 83.3 Å². The quantitative estimate of drug-likeness (QED) is 0.0179. The number of esters is 8. The summed E-state index contributed by atoms with van der Waals surface area (Å²) in [5, 5.41) is 0. The standard InChI is InChI=1S/C55H108O22Si10.C27H52O10Si4/c1-44(2)50(56)64-38-80(17,18)72-86(73-81(19,20)39-65-51(57)45(3)4,74-82(21,22)40-66-52(58)46(5)6)70-78(13,14)36-30-34-62-32-29-33-63-35-31-37-79(15,16)71-87(75-83(23,24)41-67-53(59)47(7)8,76-84(25,26)42-68-54(60)48(9)10)77-85(27,28)43-69-55(61)49(11)12;1-24(2)26(28)32-20-40(7)34-22-38(5,36-40)18-14-17-30-15-12-10-9-11-13-16-31-19-39(6)23-35-41(8,37-39)21-33-27(29)25(3)4/h1,3,5,7,9,11,29-43H2,2,4,6,8,10,12-28H3;1,3,9-23H2,2,4-8H3. The zero-order chi connectivity index (χ0) is 98.4. The minimum atomic E-state index is -4.34. The number of carbonyl (C=O) groups is 8. The van der Waals surface area contributed by atoms with Crippen LogP contribution in [0.25, 0.3) is 0 Å². The minimum absolute atomic E-state index is 0.0743. The Morgan fingerprint density at radius 3 is 0.742 bits per heavy atom. The highest BCUT2D eigenvalue weighted by Crippen LogP contribution is 2.36. The Labute approximate surface area is 780 Å². The monoisotopic (exact) mass is 2050 g/mol. The molecule has 4 atom stereocenters. The first-order chi connectivity index (χ1) is 58.5. The van der Waals surface area contributed by atoms with Crippen molar-refractivity contribution in [2.75, 3.05) is 115 Å². The molecule has 128 heavy (non-hydrogen) atoms. The van der Waals surface area contributed by atoms with Gasteiger partial charge in [0.15, 0.2) is 16.6 Å². The molecule has 4 unspecified atom stereocenters. The Kier molecular flexibility index (Phi) is 52.8. The van der Waals surface area contributed by atoms with Crippen LogP contribution in [-0.2, 0) is 145 Å². The van der Waals surface area contributed by atoms with Crippen molar-refractivity contribution >= 4 is 166 Å². The molecule has 0 saturated carbocycles. The highest BCUT2D eigenvalue weighted by atomic mass is 28.6. The lowest BCUT2D eigenvalue weighted by Gasteiger charge is -2.45. The van der Waals surface area contributed by atoms with Crippen molar-refractivity contribution in [3.63, 3.8) is 0 Å². The van der Waals surface area contributed by atoms with E-state index in [9.17, 15) is 38.4 Å². The molecule has 0 aliphatic carbocycles. The Balaban J connectivity index is 0.00000165. The molecule has 2 heterocycles. The van der Waals surface area contributed by atoms with Gasteiger partial charge in [0.1, 0.15) is 49.8 Å². The summed E-state index contributed by atoms with van der Waals surface area (Å²) < 4.78 is 149. The van der Waals surface area contributed by atoms with Crippen molar-refractivity contribution < 1.29 is 145 Å². The lowest BCUT2D eigenvalue weighted by Crippen LogP contribution is -2.68. The largest absolute Gasteiger partial charge is 0.637 e. The van der Waals surface area contributed by atoms with E-state index in [4.69, 9.17) is 107 Å². The molecule has 2 fully saturated rings.